The second kappa shape index (κ2) is 7.13. The van der Waals surface area contributed by atoms with E-state index in [4.69, 9.17) is 9.47 Å². The lowest BCUT2D eigenvalue weighted by atomic mass is 9.94. The molecule has 1 aromatic heterocycles. The number of esters is 1. The van der Waals surface area contributed by atoms with Gasteiger partial charge in [-0.2, -0.15) is 0 Å². The van der Waals surface area contributed by atoms with Gasteiger partial charge in [0.05, 0.1) is 36.7 Å². The molecule has 5 heteroatoms. The Morgan fingerprint density at radius 3 is 2.52 bits per heavy atom. The van der Waals surface area contributed by atoms with E-state index in [1.54, 1.807) is 26.3 Å². The Hall–Kier alpha value is -2.56. The van der Waals surface area contributed by atoms with Crippen LogP contribution in [0.25, 0.3) is 0 Å². The Balaban J connectivity index is 2.19. The molecule has 2 aromatic rings. The zero-order valence-electron chi connectivity index (χ0n) is 13.9. The molecular weight excluding hydrogens is 292 g/mol. The van der Waals surface area contributed by atoms with Crippen LogP contribution in [-0.4, -0.2) is 24.7 Å². The molecule has 1 heterocycles. The van der Waals surface area contributed by atoms with Gasteiger partial charge in [0.25, 0.3) is 0 Å². The molecule has 23 heavy (non-hydrogen) atoms. The highest BCUT2D eigenvalue weighted by atomic mass is 16.5. The minimum atomic E-state index is -0.370. The van der Waals surface area contributed by atoms with Crippen LogP contribution >= 0.6 is 0 Å². The summed E-state index contributed by atoms with van der Waals surface area (Å²) >= 11 is 0. The van der Waals surface area contributed by atoms with Gasteiger partial charge in [0, 0.05) is 6.20 Å². The lowest BCUT2D eigenvalue weighted by Gasteiger charge is -2.28. The van der Waals surface area contributed by atoms with Crippen LogP contribution in [0.5, 0.6) is 5.75 Å². The molecule has 0 bridgehead atoms. The van der Waals surface area contributed by atoms with Gasteiger partial charge < -0.3 is 14.8 Å². The molecule has 5 nitrogen and oxygen atoms in total. The van der Waals surface area contributed by atoms with E-state index in [0.29, 0.717) is 12.2 Å². The Labute approximate surface area is 136 Å². The molecule has 0 amide bonds. The monoisotopic (exact) mass is 314 g/mol. The van der Waals surface area contributed by atoms with E-state index in [2.05, 4.69) is 24.1 Å². The van der Waals surface area contributed by atoms with Crippen molar-refractivity contribution >= 4 is 11.7 Å². The van der Waals surface area contributed by atoms with Gasteiger partial charge in [0.15, 0.2) is 0 Å². The number of aromatic nitrogens is 1. The summed E-state index contributed by atoms with van der Waals surface area (Å²) in [5, 5.41) is 3.40. The van der Waals surface area contributed by atoms with Crippen molar-refractivity contribution in [2.24, 2.45) is 0 Å². The first-order chi connectivity index (χ1) is 11.0. The van der Waals surface area contributed by atoms with Gasteiger partial charge in [-0.15, -0.1) is 0 Å². The van der Waals surface area contributed by atoms with Crippen molar-refractivity contribution < 1.29 is 14.3 Å². The third kappa shape index (κ3) is 4.22. The number of hydrogen-bond acceptors (Lipinski definition) is 5. The molecule has 0 aliphatic carbocycles. The summed E-state index contributed by atoms with van der Waals surface area (Å²) in [6.07, 6.45) is 3.19. The Bertz CT molecular complexity index is 666. The molecule has 0 saturated heterocycles. The first kappa shape index (κ1) is 16.8. The lowest BCUT2D eigenvalue weighted by Crippen LogP contribution is -2.28. The second-order valence-corrected chi connectivity index (χ2v) is 5.66. The summed E-state index contributed by atoms with van der Waals surface area (Å²) in [4.78, 5) is 15.9. The van der Waals surface area contributed by atoms with E-state index in [-0.39, 0.29) is 11.5 Å². The fraction of sp³-hybridized carbons (Fsp3) is 0.333. The fourth-order valence-corrected chi connectivity index (χ4v) is 2.28. The second-order valence-electron chi connectivity index (χ2n) is 5.66. The van der Waals surface area contributed by atoms with Crippen molar-refractivity contribution in [1.29, 1.82) is 0 Å². The molecule has 2 rings (SSSR count). The number of pyridine rings is 1. The Morgan fingerprint density at radius 1 is 1.22 bits per heavy atom. The minimum absolute atomic E-state index is 0.332. The molecule has 0 spiro atoms. The molecule has 0 fully saturated rings. The third-order valence-electron chi connectivity index (χ3n) is 3.52. The zero-order chi connectivity index (χ0) is 16.9. The average molecular weight is 314 g/mol. The third-order valence-corrected chi connectivity index (χ3v) is 3.52. The van der Waals surface area contributed by atoms with Crippen LogP contribution in [-0.2, 0) is 10.3 Å². The molecule has 0 radical (unpaired) electrons. The van der Waals surface area contributed by atoms with Crippen LogP contribution in [0.2, 0.25) is 0 Å². The van der Waals surface area contributed by atoms with Crippen LogP contribution in [0.1, 0.15) is 36.7 Å². The molecule has 0 aliphatic heterocycles. The smallest absolute Gasteiger partial charge is 0.339 e. The number of carbonyl (C=O) groups excluding carboxylic acids is 1. The van der Waals surface area contributed by atoms with E-state index in [9.17, 15) is 4.79 Å². The van der Waals surface area contributed by atoms with Crippen LogP contribution in [0.3, 0.4) is 0 Å². The summed E-state index contributed by atoms with van der Waals surface area (Å²) in [6, 6.07) is 9.61. The largest absolute Gasteiger partial charge is 0.497 e. The average Bonchev–Trinajstić information content (AvgIpc) is 2.55. The highest BCUT2D eigenvalue weighted by Gasteiger charge is 2.21. The molecule has 1 N–H and O–H groups in total. The number of rotatable bonds is 6. The van der Waals surface area contributed by atoms with Crippen molar-refractivity contribution in [3.05, 3.63) is 53.9 Å². The predicted octanol–water partition coefficient (Wildman–Crippen LogP) is 3.61. The summed E-state index contributed by atoms with van der Waals surface area (Å²) in [6.45, 7) is 6.24. The van der Waals surface area contributed by atoms with E-state index in [0.717, 1.165) is 17.0 Å². The van der Waals surface area contributed by atoms with Crippen LogP contribution < -0.4 is 10.1 Å². The molecule has 1 aromatic carbocycles. The maximum Gasteiger partial charge on any atom is 0.339 e. The maximum absolute atomic E-state index is 11.8. The summed E-state index contributed by atoms with van der Waals surface area (Å²) in [7, 11) is 1.64. The highest BCUT2D eigenvalue weighted by molar-refractivity contribution is 5.90. The van der Waals surface area contributed by atoms with Gasteiger partial charge >= 0.3 is 5.97 Å². The molecule has 0 saturated carbocycles. The molecule has 0 unspecified atom stereocenters. The summed E-state index contributed by atoms with van der Waals surface area (Å²) in [5.41, 5.74) is 1.96. The van der Waals surface area contributed by atoms with Crippen molar-refractivity contribution in [3.63, 3.8) is 0 Å². The molecular formula is C18H22N2O3. The van der Waals surface area contributed by atoms with Crippen molar-refractivity contribution in [1.82, 2.24) is 4.98 Å². The number of benzene rings is 1. The first-order valence-electron chi connectivity index (χ1n) is 7.51. The van der Waals surface area contributed by atoms with E-state index < -0.39 is 0 Å². The van der Waals surface area contributed by atoms with E-state index in [1.807, 2.05) is 24.3 Å². The number of ether oxygens (including phenoxy) is 2. The Morgan fingerprint density at radius 2 is 1.91 bits per heavy atom. The van der Waals surface area contributed by atoms with Crippen LogP contribution in [0, 0.1) is 0 Å². The fourth-order valence-electron chi connectivity index (χ4n) is 2.28. The van der Waals surface area contributed by atoms with Gasteiger partial charge in [-0.05, 0) is 44.5 Å². The summed E-state index contributed by atoms with van der Waals surface area (Å²) < 4.78 is 10.2. The number of methoxy groups -OCH3 is 1. The molecule has 122 valence electrons. The van der Waals surface area contributed by atoms with Crippen molar-refractivity contribution in [2.75, 3.05) is 19.0 Å². The SMILES string of the molecule is CCOC(=O)c1cncc(NC(C)(C)c2ccc(OC)cc2)c1. The zero-order valence-corrected chi connectivity index (χ0v) is 13.9. The van der Waals surface area contributed by atoms with Gasteiger partial charge in [0.1, 0.15) is 5.75 Å². The van der Waals surface area contributed by atoms with Gasteiger partial charge in [0.2, 0.25) is 0 Å². The number of anilines is 1. The quantitative estimate of drug-likeness (QED) is 0.825. The Kier molecular flexibility index (Phi) is 5.21. The first-order valence-corrected chi connectivity index (χ1v) is 7.51. The van der Waals surface area contributed by atoms with Crippen molar-refractivity contribution in [2.45, 2.75) is 26.3 Å². The topological polar surface area (TPSA) is 60.5 Å². The standard InChI is InChI=1S/C18H22N2O3/c1-5-23-17(21)13-10-15(12-19-11-13)20-18(2,3)14-6-8-16(22-4)9-7-14/h6-12,20H,5H2,1-4H3. The van der Waals surface area contributed by atoms with Gasteiger partial charge in [-0.25, -0.2) is 4.79 Å². The number of nitrogens with zero attached hydrogens (tertiary/aromatic N) is 1. The maximum atomic E-state index is 11.8. The van der Waals surface area contributed by atoms with Gasteiger partial charge in [-0.3, -0.25) is 4.98 Å². The van der Waals surface area contributed by atoms with E-state index in [1.165, 1.54) is 6.20 Å². The molecule has 0 atom stereocenters. The van der Waals surface area contributed by atoms with Crippen LogP contribution in [0.4, 0.5) is 5.69 Å². The predicted molar refractivity (Wildman–Crippen MR) is 89.8 cm³/mol. The molecule has 0 aliphatic rings. The van der Waals surface area contributed by atoms with Crippen molar-refractivity contribution in [3.8, 4) is 5.75 Å². The lowest BCUT2D eigenvalue weighted by molar-refractivity contribution is 0.0526. The normalized spacial score (nSPS) is 11.0. The highest BCUT2D eigenvalue weighted by Crippen LogP contribution is 2.27. The van der Waals surface area contributed by atoms with E-state index >= 15 is 0 Å². The number of hydrogen-bond donors (Lipinski definition) is 1. The minimum Gasteiger partial charge on any atom is -0.497 e. The summed E-state index contributed by atoms with van der Waals surface area (Å²) in [5.74, 6) is 0.446. The number of nitrogens with one attached hydrogen (secondary N) is 1. The van der Waals surface area contributed by atoms with Crippen LogP contribution in [0.15, 0.2) is 42.7 Å². The van der Waals surface area contributed by atoms with Gasteiger partial charge in [-0.1, -0.05) is 12.1 Å². The number of carbonyl (C=O) groups is 1.